The third-order valence-electron chi connectivity index (χ3n) is 3.10. The Labute approximate surface area is 162 Å². The maximum absolute atomic E-state index is 11.9. The van der Waals surface area contributed by atoms with Gasteiger partial charge in [-0.3, -0.25) is 10.1 Å². The first-order chi connectivity index (χ1) is 12.8. The van der Waals surface area contributed by atoms with Crippen molar-refractivity contribution in [3.8, 4) is 0 Å². The highest BCUT2D eigenvalue weighted by Gasteiger charge is 2.13. The van der Waals surface area contributed by atoms with Crippen LogP contribution in [0.1, 0.15) is 5.56 Å². The summed E-state index contributed by atoms with van der Waals surface area (Å²) in [5.74, 6) is -0.951. The zero-order valence-corrected chi connectivity index (χ0v) is 15.6. The summed E-state index contributed by atoms with van der Waals surface area (Å²) < 4.78 is 26.9. The number of thiocarbonyl (C=S) groups is 1. The smallest absolute Gasteiger partial charge is 0.285 e. The molecule has 0 unspecified atom stereocenters. The average Bonchev–Trinajstić information content (AvgIpc) is 2.60. The number of anilines is 1. The van der Waals surface area contributed by atoms with E-state index in [9.17, 15) is 13.2 Å². The number of carbonyl (C=O) groups excluding carboxylic acids is 1. The van der Waals surface area contributed by atoms with Crippen molar-refractivity contribution >= 4 is 51.0 Å². The fourth-order valence-corrected chi connectivity index (χ4v) is 3.04. The quantitative estimate of drug-likeness (QED) is 0.254. The van der Waals surface area contributed by atoms with E-state index in [1.807, 2.05) is 30.3 Å². The van der Waals surface area contributed by atoms with Crippen molar-refractivity contribution in [2.75, 3.05) is 5.32 Å². The Morgan fingerprint density at radius 2 is 1.67 bits per heavy atom. The van der Waals surface area contributed by atoms with Crippen LogP contribution in [0.15, 0.2) is 70.0 Å². The van der Waals surface area contributed by atoms with Crippen LogP contribution in [-0.4, -0.2) is 25.4 Å². The van der Waals surface area contributed by atoms with Crippen molar-refractivity contribution in [1.29, 1.82) is 0 Å². The second-order valence-electron chi connectivity index (χ2n) is 5.20. The van der Waals surface area contributed by atoms with Gasteiger partial charge in [-0.1, -0.05) is 30.3 Å². The lowest BCUT2D eigenvalue weighted by Gasteiger charge is -2.08. The maximum atomic E-state index is 11.9. The minimum Gasteiger partial charge on any atom is -0.369 e. The second kappa shape index (κ2) is 8.92. The number of benzene rings is 2. The van der Waals surface area contributed by atoms with E-state index >= 15 is 0 Å². The van der Waals surface area contributed by atoms with Gasteiger partial charge in [-0.05, 0) is 48.1 Å². The van der Waals surface area contributed by atoms with Gasteiger partial charge in [-0.15, -0.1) is 4.40 Å². The van der Waals surface area contributed by atoms with Crippen LogP contribution in [0.5, 0.6) is 0 Å². The summed E-state index contributed by atoms with van der Waals surface area (Å²) in [4.78, 5) is 11.8. The zero-order chi connectivity index (χ0) is 19.9. The predicted molar refractivity (Wildman–Crippen MR) is 109 cm³/mol. The van der Waals surface area contributed by atoms with Crippen LogP contribution in [0.3, 0.4) is 0 Å². The Bertz CT molecular complexity index is 981. The highest BCUT2D eigenvalue weighted by atomic mass is 32.2. The van der Waals surface area contributed by atoms with Crippen LogP contribution < -0.4 is 22.1 Å². The van der Waals surface area contributed by atoms with Crippen LogP contribution in [0.4, 0.5) is 5.69 Å². The highest BCUT2D eigenvalue weighted by Crippen LogP contribution is 2.16. The van der Waals surface area contributed by atoms with Gasteiger partial charge in [0.15, 0.2) is 5.11 Å². The van der Waals surface area contributed by atoms with E-state index in [2.05, 4.69) is 15.0 Å². The molecule has 0 aliphatic rings. The summed E-state index contributed by atoms with van der Waals surface area (Å²) in [7, 11) is -3.96. The van der Waals surface area contributed by atoms with Gasteiger partial charge in [-0.25, -0.2) is 0 Å². The third-order valence-corrected chi connectivity index (χ3v) is 4.62. The van der Waals surface area contributed by atoms with Gasteiger partial charge in [0.25, 0.3) is 10.0 Å². The minimum atomic E-state index is -3.96. The largest absolute Gasteiger partial charge is 0.369 e. The Morgan fingerprint density at radius 1 is 1.04 bits per heavy atom. The number of carbonyl (C=O) groups is 1. The zero-order valence-electron chi connectivity index (χ0n) is 14.0. The van der Waals surface area contributed by atoms with Gasteiger partial charge >= 0.3 is 0 Å². The van der Waals surface area contributed by atoms with Crippen molar-refractivity contribution in [3.63, 3.8) is 0 Å². The number of nitrogens with one attached hydrogen (secondary N) is 2. The number of sulfonamides is 1. The molecule has 140 valence electrons. The molecule has 0 aromatic heterocycles. The summed E-state index contributed by atoms with van der Waals surface area (Å²) in [5, 5.41) is 5.33. The number of rotatable bonds is 5. The normalized spacial score (nSPS) is 11.0. The second-order valence-corrected chi connectivity index (χ2v) is 7.22. The number of nitrogens with two attached hydrogens (primary N) is 2. The molecule has 1 amide bonds. The summed E-state index contributed by atoms with van der Waals surface area (Å²) in [6, 6.07) is 14.9. The van der Waals surface area contributed by atoms with Gasteiger partial charge < -0.3 is 16.8 Å². The number of guanidine groups is 1. The molecule has 2 aromatic carbocycles. The van der Waals surface area contributed by atoms with E-state index in [0.29, 0.717) is 5.69 Å². The van der Waals surface area contributed by atoms with E-state index in [1.165, 1.54) is 30.3 Å². The van der Waals surface area contributed by atoms with Crippen LogP contribution >= 0.6 is 12.2 Å². The molecule has 2 aromatic rings. The number of hydrogen-bond acceptors (Lipinski definition) is 4. The highest BCUT2D eigenvalue weighted by molar-refractivity contribution is 7.90. The standard InChI is InChI=1S/C17H17N5O3S2/c18-16(19)22-27(24,25)14-9-7-13(8-10-14)20-17(26)21-15(23)11-6-12-4-2-1-3-5-12/h1-11H,(H4,18,19,22)(H2,20,21,23,26)/b11-6+. The molecule has 0 atom stereocenters. The van der Waals surface area contributed by atoms with Crippen molar-refractivity contribution in [3.05, 3.63) is 66.2 Å². The van der Waals surface area contributed by atoms with Gasteiger partial charge in [-0.2, -0.15) is 8.42 Å². The van der Waals surface area contributed by atoms with Crippen molar-refractivity contribution in [2.24, 2.45) is 15.9 Å². The molecular formula is C17H17N5O3S2. The van der Waals surface area contributed by atoms with E-state index in [0.717, 1.165) is 5.56 Å². The fourth-order valence-electron chi connectivity index (χ4n) is 1.95. The molecule has 27 heavy (non-hydrogen) atoms. The van der Waals surface area contributed by atoms with E-state index in [-0.39, 0.29) is 10.0 Å². The van der Waals surface area contributed by atoms with Gasteiger partial charge in [0.2, 0.25) is 11.9 Å². The van der Waals surface area contributed by atoms with Crippen LogP contribution in [-0.2, 0) is 14.8 Å². The molecule has 0 saturated heterocycles. The number of amides is 1. The molecule has 0 bridgehead atoms. The van der Waals surface area contributed by atoms with Gasteiger partial charge in [0.05, 0.1) is 4.90 Å². The predicted octanol–water partition coefficient (Wildman–Crippen LogP) is 1.18. The monoisotopic (exact) mass is 403 g/mol. The van der Waals surface area contributed by atoms with Crippen molar-refractivity contribution in [2.45, 2.75) is 4.90 Å². The molecule has 10 heteroatoms. The molecule has 8 nitrogen and oxygen atoms in total. The van der Waals surface area contributed by atoms with E-state index in [4.69, 9.17) is 23.7 Å². The first kappa shape index (κ1) is 20.1. The first-order valence-electron chi connectivity index (χ1n) is 7.57. The Morgan fingerprint density at radius 3 is 2.26 bits per heavy atom. The van der Waals surface area contributed by atoms with Crippen molar-refractivity contribution in [1.82, 2.24) is 5.32 Å². The molecule has 0 spiro atoms. The van der Waals surface area contributed by atoms with E-state index in [1.54, 1.807) is 6.08 Å². The van der Waals surface area contributed by atoms with Gasteiger partial charge in [0, 0.05) is 11.8 Å². The fraction of sp³-hybridized carbons (Fsp3) is 0. The summed E-state index contributed by atoms with van der Waals surface area (Å²) in [6.45, 7) is 0. The first-order valence-corrected chi connectivity index (χ1v) is 9.42. The molecule has 2 rings (SSSR count). The summed E-state index contributed by atoms with van der Waals surface area (Å²) in [5.41, 5.74) is 11.5. The molecule has 0 aliphatic carbocycles. The Kier molecular flexibility index (Phi) is 6.63. The summed E-state index contributed by atoms with van der Waals surface area (Å²) in [6.07, 6.45) is 3.01. The average molecular weight is 403 g/mol. The number of nitrogens with zero attached hydrogens (tertiary/aromatic N) is 1. The molecule has 0 fully saturated rings. The minimum absolute atomic E-state index is 0.0672. The molecule has 6 N–H and O–H groups in total. The van der Waals surface area contributed by atoms with Crippen LogP contribution in [0.25, 0.3) is 6.08 Å². The SMILES string of the molecule is NC(N)=NS(=O)(=O)c1ccc(NC(=S)NC(=O)/C=C/c2ccccc2)cc1. The Balaban J connectivity index is 1.95. The van der Waals surface area contributed by atoms with E-state index < -0.39 is 21.9 Å². The Hall–Kier alpha value is -3.24. The topological polar surface area (TPSA) is 140 Å². The lowest BCUT2D eigenvalue weighted by Crippen LogP contribution is -2.32. The molecule has 0 heterocycles. The third kappa shape index (κ3) is 6.53. The molecule has 0 radical (unpaired) electrons. The molecule has 0 saturated carbocycles. The van der Waals surface area contributed by atoms with Gasteiger partial charge in [0.1, 0.15) is 0 Å². The summed E-state index contributed by atoms with van der Waals surface area (Å²) >= 11 is 5.06. The maximum Gasteiger partial charge on any atom is 0.285 e. The van der Waals surface area contributed by atoms with Crippen molar-refractivity contribution < 1.29 is 13.2 Å². The lowest BCUT2D eigenvalue weighted by molar-refractivity contribution is -0.115. The lowest BCUT2D eigenvalue weighted by atomic mass is 10.2. The number of hydrogen-bond donors (Lipinski definition) is 4. The van der Waals surface area contributed by atoms with Crippen LogP contribution in [0.2, 0.25) is 0 Å². The molecule has 0 aliphatic heterocycles. The molecular weight excluding hydrogens is 386 g/mol. The van der Waals surface area contributed by atoms with Crippen LogP contribution in [0, 0.1) is 0 Å².